The molecule has 0 aromatic heterocycles. The highest BCUT2D eigenvalue weighted by atomic mass is 31.1. The van der Waals surface area contributed by atoms with Crippen molar-refractivity contribution in [3.05, 3.63) is 91.0 Å². The van der Waals surface area contributed by atoms with Gasteiger partial charge in [0.2, 0.25) is 0 Å². The zero-order valence-electron chi connectivity index (χ0n) is 13.8. The first-order valence-corrected chi connectivity index (χ1v) is 11.5. The molecule has 0 amide bonds. The maximum atomic E-state index is 11.0. The first-order valence-electron chi connectivity index (χ1n) is 8.19. The van der Waals surface area contributed by atoms with Crippen LogP contribution in [0.15, 0.2) is 91.0 Å². The minimum absolute atomic E-state index is 0.247. The third-order valence-corrected chi connectivity index (χ3v) is 9.79. The molecule has 0 bridgehead atoms. The van der Waals surface area contributed by atoms with Gasteiger partial charge in [0.15, 0.2) is 8.07 Å². The van der Waals surface area contributed by atoms with E-state index in [0.717, 1.165) is 0 Å². The topological polar surface area (TPSA) is 46.5 Å². The SMILES string of the molecule is O=[P+](O)OCC[Si](c1ccccc1)(c1ccccc1)c1ccccc1. The summed E-state index contributed by atoms with van der Waals surface area (Å²) in [5, 5.41) is 3.80. The minimum Gasteiger partial charge on any atom is -0.133 e. The Morgan fingerprint density at radius 1 is 0.720 bits per heavy atom. The van der Waals surface area contributed by atoms with E-state index in [1.54, 1.807) is 0 Å². The molecule has 0 heterocycles. The van der Waals surface area contributed by atoms with Gasteiger partial charge in [0, 0.05) is 4.57 Å². The number of rotatable bonds is 7. The van der Waals surface area contributed by atoms with E-state index in [-0.39, 0.29) is 6.61 Å². The summed E-state index contributed by atoms with van der Waals surface area (Å²) in [6, 6.07) is 32.0. The standard InChI is InChI=1S/C20H19O3PSi/c21-24(22)23-16-17-25(18-10-4-1-5-11-18,19-12-6-2-7-13-19)20-14-8-3-9-15-20/h1-15H,16-17H2/p+1. The van der Waals surface area contributed by atoms with Crippen LogP contribution in [-0.2, 0) is 9.09 Å². The third-order valence-electron chi connectivity index (χ3n) is 4.48. The van der Waals surface area contributed by atoms with Gasteiger partial charge < -0.3 is 0 Å². The van der Waals surface area contributed by atoms with E-state index in [9.17, 15) is 4.57 Å². The second-order valence-electron chi connectivity index (χ2n) is 5.82. The summed E-state index contributed by atoms with van der Waals surface area (Å²) in [6.07, 6.45) is 0. The Bertz CT molecular complexity index is 713. The Morgan fingerprint density at radius 3 is 1.40 bits per heavy atom. The van der Waals surface area contributed by atoms with Gasteiger partial charge in [0.25, 0.3) is 0 Å². The third kappa shape index (κ3) is 3.94. The molecule has 3 aromatic rings. The largest absolute Gasteiger partial charge is 0.694 e. The van der Waals surface area contributed by atoms with Crippen LogP contribution in [0.2, 0.25) is 6.04 Å². The van der Waals surface area contributed by atoms with E-state index < -0.39 is 16.3 Å². The lowest BCUT2D eigenvalue weighted by molar-refractivity contribution is 0.297. The van der Waals surface area contributed by atoms with Crippen LogP contribution < -0.4 is 15.6 Å². The molecule has 3 aromatic carbocycles. The Balaban J connectivity index is 2.18. The molecule has 0 aliphatic heterocycles. The highest BCUT2D eigenvalue weighted by Gasteiger charge is 2.39. The number of hydrogen-bond acceptors (Lipinski definition) is 2. The summed E-state index contributed by atoms with van der Waals surface area (Å²) in [6.45, 7) is 0.247. The van der Waals surface area contributed by atoms with Gasteiger partial charge in [-0.3, -0.25) is 0 Å². The van der Waals surface area contributed by atoms with E-state index in [4.69, 9.17) is 9.42 Å². The van der Waals surface area contributed by atoms with Crippen molar-refractivity contribution in [3.63, 3.8) is 0 Å². The van der Waals surface area contributed by atoms with Gasteiger partial charge >= 0.3 is 8.25 Å². The van der Waals surface area contributed by atoms with E-state index in [0.29, 0.717) is 6.04 Å². The van der Waals surface area contributed by atoms with Crippen molar-refractivity contribution in [2.75, 3.05) is 6.61 Å². The van der Waals surface area contributed by atoms with E-state index in [2.05, 4.69) is 72.8 Å². The quantitative estimate of drug-likeness (QED) is 0.397. The van der Waals surface area contributed by atoms with Crippen LogP contribution in [0.3, 0.4) is 0 Å². The van der Waals surface area contributed by atoms with Crippen LogP contribution in [0, 0.1) is 0 Å². The summed E-state index contributed by atoms with van der Waals surface area (Å²) in [4.78, 5) is 9.06. The van der Waals surface area contributed by atoms with Crippen LogP contribution in [0.1, 0.15) is 0 Å². The average Bonchev–Trinajstić information content (AvgIpc) is 2.67. The highest BCUT2D eigenvalue weighted by Crippen LogP contribution is 2.19. The molecule has 0 radical (unpaired) electrons. The monoisotopic (exact) mass is 367 g/mol. The van der Waals surface area contributed by atoms with E-state index in [1.807, 2.05) is 18.2 Å². The Hall–Kier alpha value is -2.10. The lowest BCUT2D eigenvalue weighted by Gasteiger charge is -2.33. The molecule has 1 atom stereocenters. The molecule has 1 N–H and O–H groups in total. The van der Waals surface area contributed by atoms with Crippen molar-refractivity contribution in [2.24, 2.45) is 0 Å². The fourth-order valence-electron chi connectivity index (χ4n) is 3.38. The first-order chi connectivity index (χ1) is 12.2. The molecule has 3 rings (SSSR count). The van der Waals surface area contributed by atoms with Crippen molar-refractivity contribution in [1.29, 1.82) is 0 Å². The first kappa shape index (κ1) is 17.7. The van der Waals surface area contributed by atoms with Gasteiger partial charge in [-0.05, 0) is 21.6 Å². The summed E-state index contributed by atoms with van der Waals surface area (Å²) in [5.41, 5.74) is 0. The molecule has 1 unspecified atom stereocenters. The molecule has 0 aliphatic carbocycles. The van der Waals surface area contributed by atoms with Crippen molar-refractivity contribution in [3.8, 4) is 0 Å². The van der Waals surface area contributed by atoms with Crippen LogP contribution in [0.25, 0.3) is 0 Å². The summed E-state index contributed by atoms with van der Waals surface area (Å²) in [7, 11) is -4.94. The van der Waals surface area contributed by atoms with Crippen molar-refractivity contribution in [2.45, 2.75) is 6.04 Å². The second kappa shape index (κ2) is 8.32. The van der Waals surface area contributed by atoms with Gasteiger partial charge in [0.1, 0.15) is 6.61 Å². The normalized spacial score (nSPS) is 12.0. The molecular weight excluding hydrogens is 347 g/mol. The molecule has 0 saturated heterocycles. The number of benzene rings is 3. The van der Waals surface area contributed by atoms with Gasteiger partial charge in [-0.25, -0.2) is 0 Å². The molecule has 5 heteroatoms. The zero-order valence-corrected chi connectivity index (χ0v) is 15.7. The molecule has 3 nitrogen and oxygen atoms in total. The molecule has 0 saturated carbocycles. The Labute approximate surface area is 149 Å². The zero-order chi connectivity index (χ0) is 17.5. The van der Waals surface area contributed by atoms with Crippen molar-refractivity contribution >= 4 is 31.9 Å². The summed E-state index contributed by atoms with van der Waals surface area (Å²) < 4.78 is 16.1. The molecular formula is C20H20O3PSi+. The van der Waals surface area contributed by atoms with Crippen LogP contribution in [0.4, 0.5) is 0 Å². The Morgan fingerprint density at radius 2 is 1.08 bits per heavy atom. The fourth-order valence-corrected chi connectivity index (χ4v) is 8.36. The van der Waals surface area contributed by atoms with Crippen molar-refractivity contribution in [1.82, 2.24) is 0 Å². The maximum absolute atomic E-state index is 11.0. The van der Waals surface area contributed by atoms with Gasteiger partial charge in [-0.1, -0.05) is 91.0 Å². The van der Waals surface area contributed by atoms with Gasteiger partial charge in [-0.2, -0.15) is 0 Å². The van der Waals surface area contributed by atoms with E-state index >= 15 is 0 Å². The maximum Gasteiger partial charge on any atom is 0.694 e. The Kier molecular flexibility index (Phi) is 5.90. The fraction of sp³-hybridized carbons (Fsp3) is 0.100. The molecule has 0 aliphatic rings. The summed E-state index contributed by atoms with van der Waals surface area (Å²) >= 11 is 0. The van der Waals surface area contributed by atoms with E-state index in [1.165, 1.54) is 15.6 Å². The molecule has 25 heavy (non-hydrogen) atoms. The number of hydrogen-bond donors (Lipinski definition) is 1. The average molecular weight is 367 g/mol. The van der Waals surface area contributed by atoms with Crippen molar-refractivity contribution < 1.29 is 14.0 Å². The lowest BCUT2D eigenvalue weighted by Crippen LogP contribution is -2.67. The van der Waals surface area contributed by atoms with Crippen LogP contribution in [-0.4, -0.2) is 19.6 Å². The predicted octanol–water partition coefficient (Wildman–Crippen LogP) is 2.82. The van der Waals surface area contributed by atoms with Gasteiger partial charge in [0.05, 0.1) is 0 Å². The summed E-state index contributed by atoms with van der Waals surface area (Å²) in [5.74, 6) is 0. The predicted molar refractivity (Wildman–Crippen MR) is 105 cm³/mol. The molecule has 0 fully saturated rings. The molecule has 126 valence electrons. The van der Waals surface area contributed by atoms with Gasteiger partial charge in [-0.15, -0.1) is 9.42 Å². The minimum atomic E-state index is -2.59. The second-order valence-corrected chi connectivity index (χ2v) is 10.6. The smallest absolute Gasteiger partial charge is 0.133 e. The molecule has 0 spiro atoms. The lowest BCUT2D eigenvalue weighted by atomic mass is 10.3. The van der Waals surface area contributed by atoms with Crippen LogP contribution >= 0.6 is 8.25 Å². The highest BCUT2D eigenvalue weighted by molar-refractivity contribution is 7.32. The van der Waals surface area contributed by atoms with Crippen LogP contribution in [0.5, 0.6) is 0 Å².